The summed E-state index contributed by atoms with van der Waals surface area (Å²) < 4.78 is 19.6. The molecule has 0 aliphatic carbocycles. The Hall–Kier alpha value is -2.73. The summed E-state index contributed by atoms with van der Waals surface area (Å²) in [6.45, 7) is 3.40. The quantitative estimate of drug-likeness (QED) is 0.801. The van der Waals surface area contributed by atoms with Gasteiger partial charge in [-0.25, -0.2) is 4.39 Å². The smallest absolute Gasteiger partial charge is 0.253 e. The van der Waals surface area contributed by atoms with Gasteiger partial charge >= 0.3 is 0 Å². The van der Waals surface area contributed by atoms with Crippen molar-refractivity contribution in [2.75, 3.05) is 31.1 Å². The molecule has 5 nitrogen and oxygen atoms in total. The van der Waals surface area contributed by atoms with Crippen LogP contribution < -0.4 is 4.90 Å². The Bertz CT molecular complexity index is 932. The molecule has 6 heteroatoms. The molecule has 2 heterocycles. The van der Waals surface area contributed by atoms with Gasteiger partial charge in [0.05, 0.1) is 19.5 Å². The van der Waals surface area contributed by atoms with Crippen LogP contribution in [-0.2, 0) is 20.7 Å². The van der Waals surface area contributed by atoms with E-state index in [0.29, 0.717) is 31.7 Å². The number of hydrogen-bond donors (Lipinski definition) is 0. The van der Waals surface area contributed by atoms with Crippen LogP contribution in [0.15, 0.2) is 48.5 Å². The maximum atomic E-state index is 13.7. The number of ether oxygens (including phenoxy) is 1. The Balaban J connectivity index is 1.49. The molecule has 2 aliphatic rings. The molecule has 0 bridgehead atoms. The van der Waals surface area contributed by atoms with Crippen molar-refractivity contribution in [3.63, 3.8) is 0 Å². The van der Waals surface area contributed by atoms with Crippen molar-refractivity contribution >= 4 is 17.5 Å². The molecule has 1 atom stereocenters. The molecule has 4 rings (SSSR count). The Labute approximate surface area is 170 Å². The summed E-state index contributed by atoms with van der Waals surface area (Å²) >= 11 is 0. The van der Waals surface area contributed by atoms with Crippen LogP contribution >= 0.6 is 0 Å². The fraction of sp³-hybridized carbons (Fsp3) is 0.391. The molecule has 152 valence electrons. The van der Waals surface area contributed by atoms with Crippen molar-refractivity contribution in [1.82, 2.24) is 4.90 Å². The molecule has 2 amide bonds. The number of nitrogens with zero attached hydrogens (tertiary/aromatic N) is 2. The molecular weight excluding hydrogens is 371 g/mol. The van der Waals surface area contributed by atoms with Crippen LogP contribution in [0.5, 0.6) is 0 Å². The Morgan fingerprint density at radius 1 is 1.17 bits per heavy atom. The minimum absolute atomic E-state index is 0.0591. The number of aryl methyl sites for hydroxylation is 1. The lowest BCUT2D eigenvalue weighted by Crippen LogP contribution is -2.62. The minimum Gasteiger partial charge on any atom is -0.361 e. The van der Waals surface area contributed by atoms with Crippen LogP contribution in [0, 0.1) is 12.7 Å². The number of amides is 2. The molecule has 0 N–H and O–H groups in total. The summed E-state index contributed by atoms with van der Waals surface area (Å²) in [7, 11) is 0. The van der Waals surface area contributed by atoms with Crippen LogP contribution in [0.3, 0.4) is 0 Å². The molecule has 2 aromatic carbocycles. The Morgan fingerprint density at radius 3 is 2.79 bits per heavy atom. The third kappa shape index (κ3) is 4.32. The van der Waals surface area contributed by atoms with E-state index in [2.05, 4.69) is 0 Å². The lowest BCUT2D eigenvalue weighted by molar-refractivity contribution is -0.153. The average molecular weight is 396 g/mol. The number of likely N-dealkylation sites (tertiary alicyclic amines) is 1. The molecular formula is C23H25FN2O3. The Morgan fingerprint density at radius 2 is 2.00 bits per heavy atom. The number of carbonyl (C=O) groups is 2. The van der Waals surface area contributed by atoms with Crippen molar-refractivity contribution < 1.29 is 18.7 Å². The monoisotopic (exact) mass is 396 g/mol. The number of halogens is 1. The van der Waals surface area contributed by atoms with Gasteiger partial charge in [0.15, 0.2) is 0 Å². The number of hydrogen-bond acceptors (Lipinski definition) is 3. The van der Waals surface area contributed by atoms with Crippen molar-refractivity contribution in [3.05, 3.63) is 65.5 Å². The molecule has 1 unspecified atom stereocenters. The van der Waals surface area contributed by atoms with Crippen LogP contribution in [0.2, 0.25) is 0 Å². The summed E-state index contributed by atoms with van der Waals surface area (Å²) in [5.41, 5.74) is 2.04. The zero-order valence-corrected chi connectivity index (χ0v) is 16.6. The highest BCUT2D eigenvalue weighted by Gasteiger charge is 2.44. The zero-order valence-electron chi connectivity index (χ0n) is 16.6. The van der Waals surface area contributed by atoms with E-state index in [1.165, 1.54) is 12.1 Å². The standard InChI is InChI=1S/C23H25FN2O3/c1-17-5-2-6-18(11-17)12-21(27)25-10-4-9-23(15-25)16-26(22(28)14-29-23)20-8-3-7-19(24)13-20/h2-3,5-8,11,13H,4,9-10,12,14-16H2,1H3. The number of piperidine rings is 1. The first-order valence-corrected chi connectivity index (χ1v) is 9.97. The van der Waals surface area contributed by atoms with Gasteiger partial charge in [-0.05, 0) is 43.5 Å². The van der Waals surface area contributed by atoms with Gasteiger partial charge in [0.1, 0.15) is 18.0 Å². The van der Waals surface area contributed by atoms with Crippen molar-refractivity contribution in [2.45, 2.75) is 31.8 Å². The second-order valence-electron chi connectivity index (χ2n) is 8.02. The molecule has 0 radical (unpaired) electrons. The van der Waals surface area contributed by atoms with Gasteiger partial charge in [0.25, 0.3) is 5.91 Å². The van der Waals surface area contributed by atoms with E-state index in [1.807, 2.05) is 36.1 Å². The predicted molar refractivity (Wildman–Crippen MR) is 108 cm³/mol. The number of rotatable bonds is 3. The van der Waals surface area contributed by atoms with Gasteiger partial charge < -0.3 is 14.5 Å². The van der Waals surface area contributed by atoms with Gasteiger partial charge in [-0.15, -0.1) is 0 Å². The third-order valence-corrected chi connectivity index (χ3v) is 5.70. The normalized spacial score (nSPS) is 22.2. The van der Waals surface area contributed by atoms with Gasteiger partial charge in [-0.2, -0.15) is 0 Å². The van der Waals surface area contributed by atoms with Crippen molar-refractivity contribution in [2.24, 2.45) is 0 Å². The van der Waals surface area contributed by atoms with E-state index < -0.39 is 5.60 Å². The van der Waals surface area contributed by atoms with Gasteiger partial charge in [0, 0.05) is 12.2 Å². The highest BCUT2D eigenvalue weighted by Crippen LogP contribution is 2.32. The first-order valence-electron chi connectivity index (χ1n) is 9.97. The topological polar surface area (TPSA) is 49.9 Å². The van der Waals surface area contributed by atoms with E-state index >= 15 is 0 Å². The molecule has 0 saturated carbocycles. The van der Waals surface area contributed by atoms with Gasteiger partial charge in [0.2, 0.25) is 5.91 Å². The lowest BCUT2D eigenvalue weighted by atomic mass is 9.90. The van der Waals surface area contributed by atoms with E-state index in [4.69, 9.17) is 4.74 Å². The van der Waals surface area contributed by atoms with Crippen molar-refractivity contribution in [1.29, 1.82) is 0 Å². The maximum absolute atomic E-state index is 13.7. The van der Waals surface area contributed by atoms with Gasteiger partial charge in [-0.3, -0.25) is 9.59 Å². The van der Waals surface area contributed by atoms with E-state index in [0.717, 1.165) is 24.0 Å². The fourth-order valence-corrected chi connectivity index (χ4v) is 4.26. The second kappa shape index (κ2) is 7.95. The Kier molecular flexibility index (Phi) is 5.37. The first kappa shape index (κ1) is 19.6. The summed E-state index contributed by atoms with van der Waals surface area (Å²) in [6.07, 6.45) is 1.93. The largest absolute Gasteiger partial charge is 0.361 e. The minimum atomic E-state index is -0.610. The first-order chi connectivity index (χ1) is 13.9. The molecule has 29 heavy (non-hydrogen) atoms. The fourth-order valence-electron chi connectivity index (χ4n) is 4.26. The molecule has 2 fully saturated rings. The summed E-state index contributed by atoms with van der Waals surface area (Å²) in [5, 5.41) is 0. The van der Waals surface area contributed by atoms with Crippen LogP contribution in [0.4, 0.5) is 10.1 Å². The van der Waals surface area contributed by atoms with Crippen LogP contribution in [0.1, 0.15) is 24.0 Å². The van der Waals surface area contributed by atoms with E-state index in [1.54, 1.807) is 17.0 Å². The number of anilines is 1. The number of morpholine rings is 1. The average Bonchev–Trinajstić information content (AvgIpc) is 2.70. The second-order valence-corrected chi connectivity index (χ2v) is 8.02. The zero-order chi connectivity index (χ0) is 20.4. The molecule has 2 aliphatic heterocycles. The molecule has 1 spiro atoms. The number of benzene rings is 2. The SMILES string of the molecule is Cc1cccc(CC(=O)N2CCCC3(C2)CN(c2cccc(F)c2)C(=O)CO3)c1. The molecule has 2 saturated heterocycles. The van der Waals surface area contributed by atoms with Crippen molar-refractivity contribution in [3.8, 4) is 0 Å². The maximum Gasteiger partial charge on any atom is 0.253 e. The van der Waals surface area contributed by atoms with E-state index in [9.17, 15) is 14.0 Å². The lowest BCUT2D eigenvalue weighted by Gasteiger charge is -2.47. The van der Waals surface area contributed by atoms with Crippen LogP contribution in [0.25, 0.3) is 0 Å². The predicted octanol–water partition coefficient (Wildman–Crippen LogP) is 3.10. The van der Waals surface area contributed by atoms with Crippen LogP contribution in [-0.4, -0.2) is 48.6 Å². The third-order valence-electron chi connectivity index (χ3n) is 5.70. The number of carbonyl (C=O) groups excluding carboxylic acids is 2. The molecule has 2 aromatic rings. The summed E-state index contributed by atoms with van der Waals surface area (Å²) in [4.78, 5) is 28.7. The summed E-state index contributed by atoms with van der Waals surface area (Å²) in [5.74, 6) is -0.508. The highest BCUT2D eigenvalue weighted by atomic mass is 19.1. The van der Waals surface area contributed by atoms with Gasteiger partial charge in [-0.1, -0.05) is 35.9 Å². The highest BCUT2D eigenvalue weighted by molar-refractivity contribution is 5.95. The molecule has 0 aromatic heterocycles. The summed E-state index contributed by atoms with van der Waals surface area (Å²) in [6, 6.07) is 14.0. The van der Waals surface area contributed by atoms with E-state index in [-0.39, 0.29) is 24.2 Å².